The van der Waals surface area contributed by atoms with Gasteiger partial charge < -0.3 is 28.2 Å². The Morgan fingerprint density at radius 2 is 1.94 bits per heavy atom. The van der Waals surface area contributed by atoms with Gasteiger partial charge in [0.1, 0.15) is 11.6 Å². The van der Waals surface area contributed by atoms with Gasteiger partial charge in [0.15, 0.2) is 0 Å². The summed E-state index contributed by atoms with van der Waals surface area (Å²) in [5.74, 6) is 0.832. The molecule has 1 aliphatic rings. The summed E-state index contributed by atoms with van der Waals surface area (Å²) in [7, 11) is 0. The van der Waals surface area contributed by atoms with Gasteiger partial charge in [-0.25, -0.2) is 0 Å². The van der Waals surface area contributed by atoms with Crippen molar-refractivity contribution in [2.45, 2.75) is 19.3 Å². The monoisotopic (exact) mass is 244 g/mol. The number of hydrogen-bond acceptors (Lipinski definition) is 5. The van der Waals surface area contributed by atoms with E-state index in [-0.39, 0.29) is 23.8 Å². The number of anilines is 2. The van der Waals surface area contributed by atoms with Gasteiger partial charge in [0, 0.05) is 19.2 Å². The molecule has 0 unspecified atom stereocenters. The lowest BCUT2D eigenvalue weighted by atomic mass is 10.1. The standard InChI is InChI=1S/C9H15N5O.ClH/c10-7-6-8(12-9(11)14(7)15)13-4-2-1-3-5-13;/h6,11,15H,1-5,10H2;1H/p-1. The van der Waals surface area contributed by atoms with Gasteiger partial charge in [0.2, 0.25) is 0 Å². The number of aromatic nitrogens is 2. The van der Waals surface area contributed by atoms with Crippen LogP contribution in [0.5, 0.6) is 0 Å². The minimum Gasteiger partial charge on any atom is -1.00 e. The van der Waals surface area contributed by atoms with Gasteiger partial charge in [-0.3, -0.25) is 5.41 Å². The van der Waals surface area contributed by atoms with Gasteiger partial charge in [-0.2, -0.15) is 4.98 Å². The maximum Gasteiger partial charge on any atom is 0.259 e. The number of rotatable bonds is 1. The predicted molar refractivity (Wildman–Crippen MR) is 55.7 cm³/mol. The third kappa shape index (κ3) is 2.38. The van der Waals surface area contributed by atoms with Gasteiger partial charge in [0.05, 0.1) is 0 Å². The minimum absolute atomic E-state index is 0. The van der Waals surface area contributed by atoms with E-state index in [1.54, 1.807) is 6.07 Å². The Labute approximate surface area is 99.6 Å². The summed E-state index contributed by atoms with van der Waals surface area (Å²) in [5.41, 5.74) is 5.33. The van der Waals surface area contributed by atoms with Gasteiger partial charge in [0.25, 0.3) is 5.62 Å². The van der Waals surface area contributed by atoms with Crippen LogP contribution in [0.3, 0.4) is 0 Å². The van der Waals surface area contributed by atoms with Crippen LogP contribution in [0.2, 0.25) is 0 Å². The van der Waals surface area contributed by atoms with E-state index >= 15 is 0 Å². The van der Waals surface area contributed by atoms with E-state index in [9.17, 15) is 5.21 Å². The maximum absolute atomic E-state index is 9.25. The summed E-state index contributed by atoms with van der Waals surface area (Å²) in [6.45, 7) is 1.89. The van der Waals surface area contributed by atoms with E-state index in [0.717, 1.165) is 25.9 Å². The van der Waals surface area contributed by atoms with Crippen LogP contribution in [0.25, 0.3) is 0 Å². The highest BCUT2D eigenvalue weighted by Crippen LogP contribution is 2.17. The number of nitrogen functional groups attached to an aromatic ring is 1. The molecule has 0 atom stereocenters. The van der Waals surface area contributed by atoms with Crippen LogP contribution >= 0.6 is 0 Å². The van der Waals surface area contributed by atoms with Crippen LogP contribution in [0.15, 0.2) is 6.07 Å². The maximum atomic E-state index is 9.25. The Bertz CT molecular complexity index is 413. The van der Waals surface area contributed by atoms with Crippen LogP contribution in [0.4, 0.5) is 11.6 Å². The van der Waals surface area contributed by atoms with Crippen LogP contribution < -0.4 is 28.7 Å². The largest absolute Gasteiger partial charge is 1.00 e. The van der Waals surface area contributed by atoms with Crippen LogP contribution in [0.1, 0.15) is 19.3 Å². The number of halogens is 1. The minimum atomic E-state index is -0.226. The molecule has 7 heteroatoms. The zero-order valence-electron chi connectivity index (χ0n) is 8.86. The normalized spacial score (nSPS) is 15.6. The smallest absolute Gasteiger partial charge is 0.259 e. The first-order valence-corrected chi connectivity index (χ1v) is 5.07. The second kappa shape index (κ2) is 5.07. The topological polar surface area (TPSA) is 91.2 Å². The zero-order valence-corrected chi connectivity index (χ0v) is 9.61. The summed E-state index contributed by atoms with van der Waals surface area (Å²) >= 11 is 0. The molecule has 6 nitrogen and oxygen atoms in total. The number of nitrogens with two attached hydrogens (primary N) is 1. The fraction of sp³-hybridized carbons (Fsp3) is 0.556. The molecule has 2 rings (SSSR count). The van der Waals surface area contributed by atoms with Gasteiger partial charge in [-0.05, 0) is 19.3 Å². The molecule has 0 saturated carbocycles. The molecule has 1 saturated heterocycles. The quantitative estimate of drug-likeness (QED) is 0.465. The van der Waals surface area contributed by atoms with Crippen molar-refractivity contribution in [2.24, 2.45) is 0 Å². The highest BCUT2D eigenvalue weighted by molar-refractivity contribution is 5.46. The highest BCUT2D eigenvalue weighted by Gasteiger charge is 2.13. The fourth-order valence-corrected chi connectivity index (χ4v) is 1.79. The molecule has 0 aromatic carbocycles. The fourth-order valence-electron chi connectivity index (χ4n) is 1.79. The summed E-state index contributed by atoms with van der Waals surface area (Å²) in [4.78, 5) is 6.08. The van der Waals surface area contributed by atoms with E-state index in [1.165, 1.54) is 6.42 Å². The molecule has 0 amide bonds. The van der Waals surface area contributed by atoms with Crippen molar-refractivity contribution in [3.05, 3.63) is 11.7 Å². The third-order valence-electron chi connectivity index (χ3n) is 2.62. The molecule has 4 N–H and O–H groups in total. The van der Waals surface area contributed by atoms with Gasteiger partial charge in [-0.1, -0.05) is 0 Å². The van der Waals surface area contributed by atoms with E-state index in [0.29, 0.717) is 10.5 Å². The van der Waals surface area contributed by atoms with Crippen molar-refractivity contribution in [1.82, 2.24) is 9.71 Å². The van der Waals surface area contributed by atoms with Crippen LogP contribution in [-0.2, 0) is 0 Å². The molecule has 90 valence electrons. The Morgan fingerprint density at radius 1 is 1.31 bits per heavy atom. The molecule has 16 heavy (non-hydrogen) atoms. The average molecular weight is 245 g/mol. The molecular formula is C9H15ClN5O-. The van der Waals surface area contributed by atoms with Gasteiger partial charge >= 0.3 is 0 Å². The van der Waals surface area contributed by atoms with Gasteiger partial charge in [-0.15, -0.1) is 4.73 Å². The number of nitrogens with zero attached hydrogens (tertiary/aromatic N) is 3. The number of piperidine rings is 1. The van der Waals surface area contributed by atoms with Crippen molar-refractivity contribution in [1.29, 1.82) is 5.41 Å². The van der Waals surface area contributed by atoms with E-state index in [2.05, 4.69) is 9.88 Å². The number of nitrogens with one attached hydrogen (secondary N) is 1. The van der Waals surface area contributed by atoms with Crippen molar-refractivity contribution in [3.63, 3.8) is 0 Å². The Morgan fingerprint density at radius 3 is 2.50 bits per heavy atom. The second-order valence-electron chi connectivity index (χ2n) is 3.72. The molecule has 0 radical (unpaired) electrons. The van der Waals surface area contributed by atoms with Crippen molar-refractivity contribution < 1.29 is 17.6 Å². The summed E-state index contributed by atoms with van der Waals surface area (Å²) < 4.78 is 0.577. The molecule has 1 aromatic heterocycles. The molecular weight excluding hydrogens is 230 g/mol. The number of hydrogen-bond donors (Lipinski definition) is 3. The van der Waals surface area contributed by atoms with E-state index < -0.39 is 0 Å². The second-order valence-corrected chi connectivity index (χ2v) is 3.72. The molecule has 0 bridgehead atoms. The first-order valence-electron chi connectivity index (χ1n) is 5.07. The first kappa shape index (κ1) is 12.6. The average Bonchev–Trinajstić information content (AvgIpc) is 2.26. The summed E-state index contributed by atoms with van der Waals surface area (Å²) in [6, 6.07) is 1.60. The van der Waals surface area contributed by atoms with Crippen molar-refractivity contribution >= 4 is 11.6 Å². The molecule has 1 fully saturated rings. The Balaban J connectivity index is 0.00000128. The van der Waals surface area contributed by atoms with E-state index in [1.807, 2.05) is 0 Å². The molecule has 2 heterocycles. The molecule has 0 aliphatic carbocycles. The Kier molecular flexibility index (Phi) is 4.00. The van der Waals surface area contributed by atoms with E-state index in [4.69, 9.17) is 11.1 Å². The van der Waals surface area contributed by atoms with Crippen LogP contribution in [-0.4, -0.2) is 28.0 Å². The Hall–Kier alpha value is -1.43. The SMILES string of the molecule is N=c1nc(N2CCCCC2)cc(N)n1O.[Cl-]. The lowest BCUT2D eigenvalue weighted by molar-refractivity contribution is -0.00000454. The lowest BCUT2D eigenvalue weighted by Crippen LogP contribution is -3.00. The summed E-state index contributed by atoms with van der Waals surface area (Å²) in [6.07, 6.45) is 3.53. The summed E-state index contributed by atoms with van der Waals surface area (Å²) in [5, 5.41) is 16.7. The predicted octanol–water partition coefficient (Wildman–Crippen LogP) is -2.82. The van der Waals surface area contributed by atoms with Crippen LogP contribution in [0, 0.1) is 5.41 Å². The van der Waals surface area contributed by atoms with Crippen molar-refractivity contribution in [2.75, 3.05) is 23.7 Å². The zero-order chi connectivity index (χ0) is 10.8. The lowest BCUT2D eigenvalue weighted by Gasteiger charge is -2.27. The highest BCUT2D eigenvalue weighted by atomic mass is 35.5. The third-order valence-corrected chi connectivity index (χ3v) is 2.62. The molecule has 1 aromatic rings. The van der Waals surface area contributed by atoms with Crippen molar-refractivity contribution in [3.8, 4) is 0 Å². The molecule has 1 aliphatic heterocycles. The first-order chi connectivity index (χ1) is 7.18. The molecule has 0 spiro atoms.